The molecule has 0 bridgehead atoms. The van der Waals surface area contributed by atoms with Gasteiger partial charge in [-0.15, -0.1) is 0 Å². The van der Waals surface area contributed by atoms with Crippen LogP contribution in [0.4, 0.5) is 15.3 Å². The number of benzene rings is 1. The number of amides is 2. The maximum Gasteiger partial charge on any atom is 0.435 e. The van der Waals surface area contributed by atoms with E-state index in [1.54, 1.807) is 70.3 Å². The Morgan fingerprint density at radius 3 is 2.45 bits per heavy atom. The average Bonchev–Trinajstić information content (AvgIpc) is 2.65. The molecular formula is C20H23BrN4O4. The summed E-state index contributed by atoms with van der Waals surface area (Å²) in [6.07, 6.45) is 1.62. The molecule has 0 saturated heterocycles. The molecule has 0 fully saturated rings. The number of hydrogen-bond donors (Lipinski definition) is 1. The summed E-state index contributed by atoms with van der Waals surface area (Å²) in [6.45, 7) is 7.11. The van der Waals surface area contributed by atoms with Gasteiger partial charge in [0.15, 0.2) is 5.84 Å². The van der Waals surface area contributed by atoms with E-state index in [1.807, 2.05) is 0 Å². The van der Waals surface area contributed by atoms with Crippen molar-refractivity contribution in [2.24, 2.45) is 4.99 Å². The van der Waals surface area contributed by atoms with Crippen LogP contribution < -0.4 is 10.4 Å². The van der Waals surface area contributed by atoms with E-state index in [2.05, 4.69) is 31.3 Å². The molecule has 1 aromatic heterocycles. The third kappa shape index (κ3) is 7.19. The van der Waals surface area contributed by atoms with Crippen LogP contribution in [-0.2, 0) is 9.47 Å². The fourth-order valence-electron chi connectivity index (χ4n) is 2.20. The summed E-state index contributed by atoms with van der Waals surface area (Å²) >= 11 is 3.38. The molecule has 29 heavy (non-hydrogen) atoms. The molecule has 2 rings (SSSR count). The van der Waals surface area contributed by atoms with E-state index < -0.39 is 17.8 Å². The SMILES string of the molecule is CCOC(=O)/N=C(\c1ccc(Br)cc1)N(NC(=O)OC(C)(C)C)c1cccnc1. The lowest BCUT2D eigenvalue weighted by Gasteiger charge is -2.28. The van der Waals surface area contributed by atoms with Crippen LogP contribution in [0.25, 0.3) is 0 Å². The molecule has 8 nitrogen and oxygen atoms in total. The van der Waals surface area contributed by atoms with E-state index in [0.29, 0.717) is 11.3 Å². The molecular weight excluding hydrogens is 440 g/mol. The van der Waals surface area contributed by atoms with Crippen LogP contribution in [0.5, 0.6) is 0 Å². The molecule has 1 N–H and O–H groups in total. The van der Waals surface area contributed by atoms with Crippen LogP contribution >= 0.6 is 15.9 Å². The van der Waals surface area contributed by atoms with Gasteiger partial charge in [-0.3, -0.25) is 4.98 Å². The second-order valence-corrected chi connectivity index (χ2v) is 7.72. The fourth-order valence-corrected chi connectivity index (χ4v) is 2.47. The number of aliphatic imine (C=N–C) groups is 1. The largest absolute Gasteiger partial charge is 0.448 e. The molecule has 1 heterocycles. The van der Waals surface area contributed by atoms with Gasteiger partial charge < -0.3 is 9.47 Å². The Hall–Kier alpha value is -2.94. The molecule has 0 aliphatic rings. The molecule has 0 aliphatic heterocycles. The van der Waals surface area contributed by atoms with Gasteiger partial charge in [0.1, 0.15) is 5.60 Å². The first-order valence-electron chi connectivity index (χ1n) is 8.91. The summed E-state index contributed by atoms with van der Waals surface area (Å²) in [4.78, 5) is 32.7. The van der Waals surface area contributed by atoms with Crippen molar-refractivity contribution in [3.63, 3.8) is 0 Å². The first-order valence-corrected chi connectivity index (χ1v) is 9.70. The molecule has 154 valence electrons. The van der Waals surface area contributed by atoms with Gasteiger partial charge in [-0.05, 0) is 52.0 Å². The van der Waals surface area contributed by atoms with Crippen LogP contribution in [0.2, 0.25) is 0 Å². The lowest BCUT2D eigenvalue weighted by Crippen LogP contribution is -2.49. The Balaban J connectivity index is 2.52. The van der Waals surface area contributed by atoms with Crippen molar-refractivity contribution < 1.29 is 19.1 Å². The Kier molecular flexibility index (Phi) is 7.72. The van der Waals surface area contributed by atoms with E-state index in [4.69, 9.17) is 9.47 Å². The number of rotatable bonds is 3. The topological polar surface area (TPSA) is 93.1 Å². The predicted octanol–water partition coefficient (Wildman–Crippen LogP) is 4.69. The van der Waals surface area contributed by atoms with Crippen molar-refractivity contribution in [2.75, 3.05) is 11.6 Å². The molecule has 2 amide bonds. The molecule has 9 heteroatoms. The van der Waals surface area contributed by atoms with Crippen molar-refractivity contribution in [3.05, 3.63) is 58.8 Å². The highest BCUT2D eigenvalue weighted by Gasteiger charge is 2.24. The van der Waals surface area contributed by atoms with Gasteiger partial charge in [0.2, 0.25) is 0 Å². The lowest BCUT2D eigenvalue weighted by molar-refractivity contribution is 0.0529. The highest BCUT2D eigenvalue weighted by Crippen LogP contribution is 2.18. The molecule has 0 saturated carbocycles. The van der Waals surface area contributed by atoms with Gasteiger partial charge in [0.05, 0.1) is 18.5 Å². The minimum atomic E-state index is -0.787. The fraction of sp³-hybridized carbons (Fsp3) is 0.300. The average molecular weight is 463 g/mol. The first kappa shape index (κ1) is 22.4. The minimum absolute atomic E-state index is 0.148. The number of nitrogens with zero attached hydrogens (tertiary/aromatic N) is 3. The summed E-state index contributed by atoms with van der Waals surface area (Å²) < 4.78 is 11.2. The zero-order valence-corrected chi connectivity index (χ0v) is 18.3. The van der Waals surface area contributed by atoms with Crippen LogP contribution in [0, 0.1) is 0 Å². The van der Waals surface area contributed by atoms with Crippen LogP contribution in [0.1, 0.15) is 33.3 Å². The number of hydrogen-bond acceptors (Lipinski definition) is 5. The summed E-state index contributed by atoms with van der Waals surface area (Å²) in [5.41, 5.74) is 2.97. The quantitative estimate of drug-likeness (QED) is 0.403. The Bertz CT molecular complexity index is 864. The molecule has 0 spiro atoms. The standard InChI is InChI=1S/C20H23BrN4O4/c1-5-28-18(26)23-17(14-8-10-15(21)11-9-14)25(16-7-6-12-22-13-16)24-19(27)29-20(2,3)4/h6-13H,5H2,1-4H3,(H,24,27)/b23-17+. The summed E-state index contributed by atoms with van der Waals surface area (Å²) in [6, 6.07) is 10.5. The number of carbonyl (C=O) groups excluding carboxylic acids is 2. The summed E-state index contributed by atoms with van der Waals surface area (Å²) in [5.74, 6) is 0.148. The highest BCUT2D eigenvalue weighted by molar-refractivity contribution is 9.10. The summed E-state index contributed by atoms with van der Waals surface area (Å²) in [5, 5.41) is 1.33. The number of amidine groups is 1. The van der Waals surface area contributed by atoms with Crippen molar-refractivity contribution in [1.82, 2.24) is 10.4 Å². The predicted molar refractivity (Wildman–Crippen MR) is 114 cm³/mol. The zero-order chi connectivity index (χ0) is 21.4. The maximum absolute atomic E-state index is 12.5. The van der Waals surface area contributed by atoms with E-state index >= 15 is 0 Å². The van der Waals surface area contributed by atoms with Crippen molar-refractivity contribution in [3.8, 4) is 0 Å². The third-order valence-electron chi connectivity index (χ3n) is 3.29. The highest BCUT2D eigenvalue weighted by atomic mass is 79.9. The van der Waals surface area contributed by atoms with E-state index in [0.717, 1.165) is 4.47 Å². The van der Waals surface area contributed by atoms with Gasteiger partial charge >= 0.3 is 12.2 Å². The van der Waals surface area contributed by atoms with E-state index in [1.165, 1.54) is 11.2 Å². The second kappa shape index (κ2) is 10.0. The zero-order valence-electron chi connectivity index (χ0n) is 16.7. The lowest BCUT2D eigenvalue weighted by atomic mass is 10.2. The first-order chi connectivity index (χ1) is 13.7. The van der Waals surface area contributed by atoms with Gasteiger partial charge in [-0.1, -0.05) is 28.1 Å². The van der Waals surface area contributed by atoms with Crippen LogP contribution in [0.15, 0.2) is 58.3 Å². The van der Waals surface area contributed by atoms with Crippen molar-refractivity contribution >= 4 is 39.6 Å². The molecule has 0 radical (unpaired) electrons. The number of ether oxygens (including phenoxy) is 2. The Labute approximate surface area is 178 Å². The number of carbonyl (C=O) groups is 2. The number of aromatic nitrogens is 1. The third-order valence-corrected chi connectivity index (χ3v) is 3.81. The molecule has 0 atom stereocenters. The van der Waals surface area contributed by atoms with Gasteiger partial charge in [0.25, 0.3) is 0 Å². The normalized spacial score (nSPS) is 11.6. The smallest absolute Gasteiger partial charge is 0.435 e. The number of pyridine rings is 1. The molecule has 1 aromatic carbocycles. The van der Waals surface area contributed by atoms with Crippen molar-refractivity contribution in [2.45, 2.75) is 33.3 Å². The molecule has 0 unspecified atom stereocenters. The number of hydrazine groups is 1. The van der Waals surface area contributed by atoms with Gasteiger partial charge in [-0.2, -0.15) is 4.99 Å². The number of nitrogens with one attached hydrogen (secondary N) is 1. The van der Waals surface area contributed by atoms with E-state index in [-0.39, 0.29) is 12.4 Å². The number of halogens is 1. The van der Waals surface area contributed by atoms with Crippen LogP contribution in [0.3, 0.4) is 0 Å². The van der Waals surface area contributed by atoms with Crippen molar-refractivity contribution in [1.29, 1.82) is 0 Å². The second-order valence-electron chi connectivity index (χ2n) is 6.80. The van der Waals surface area contributed by atoms with Gasteiger partial charge in [0, 0.05) is 16.2 Å². The van der Waals surface area contributed by atoms with Crippen LogP contribution in [-0.4, -0.2) is 35.2 Å². The van der Waals surface area contributed by atoms with Gasteiger partial charge in [-0.25, -0.2) is 20.0 Å². The summed E-state index contributed by atoms with van der Waals surface area (Å²) in [7, 11) is 0. The Morgan fingerprint density at radius 2 is 1.90 bits per heavy atom. The Morgan fingerprint density at radius 1 is 1.21 bits per heavy atom. The maximum atomic E-state index is 12.5. The van der Waals surface area contributed by atoms with E-state index in [9.17, 15) is 9.59 Å². The number of anilines is 1. The molecule has 2 aromatic rings. The monoisotopic (exact) mass is 462 g/mol. The minimum Gasteiger partial charge on any atom is -0.448 e. The molecule has 0 aliphatic carbocycles.